The zero-order chi connectivity index (χ0) is 22.6. The third kappa shape index (κ3) is 3.02. The van der Waals surface area contributed by atoms with Gasteiger partial charge in [0.2, 0.25) is 11.8 Å². The lowest BCUT2D eigenvalue weighted by Gasteiger charge is -2.32. The Hall–Kier alpha value is -3.52. The van der Waals surface area contributed by atoms with Crippen LogP contribution in [-0.2, 0) is 16.0 Å². The summed E-state index contributed by atoms with van der Waals surface area (Å²) in [6, 6.07) is 12.9. The number of nitrogens with one attached hydrogen (secondary N) is 2. The summed E-state index contributed by atoms with van der Waals surface area (Å²) in [6.07, 6.45) is 1.16. The summed E-state index contributed by atoms with van der Waals surface area (Å²) in [5.74, 6) is -1.98. The van der Waals surface area contributed by atoms with Crippen LogP contribution in [0.15, 0.2) is 42.5 Å². The standard InChI is InChI=1S/C24H24N4O4/c1-25-18-11-13-5-3-4-6-15(13)21(18)27(2)14-7-8-16-17(12-14)24(32)28(23(16)31)19-9-10-20(29)26-22(19)30/h3-8,12,18-19,21,25H,9-11H2,1-2H3,(H,26,29,30)/t18-,19?,21+/m0/s1. The smallest absolute Gasteiger partial charge is 0.262 e. The topological polar surface area (TPSA) is 98.8 Å². The lowest BCUT2D eigenvalue weighted by atomic mass is 10.0. The highest BCUT2D eigenvalue weighted by Gasteiger charge is 2.45. The minimum absolute atomic E-state index is 0.0766. The van der Waals surface area contributed by atoms with Crippen LogP contribution in [0.1, 0.15) is 50.7 Å². The molecule has 0 radical (unpaired) electrons. The number of nitrogens with zero attached hydrogens (tertiary/aromatic N) is 2. The molecule has 1 aliphatic carbocycles. The Morgan fingerprint density at radius 3 is 2.53 bits per heavy atom. The summed E-state index contributed by atoms with van der Waals surface area (Å²) in [4.78, 5) is 53.0. The molecule has 1 unspecified atom stereocenters. The average Bonchev–Trinajstić information content (AvgIpc) is 3.28. The van der Waals surface area contributed by atoms with Gasteiger partial charge in [-0.15, -0.1) is 0 Å². The van der Waals surface area contributed by atoms with E-state index in [0.29, 0.717) is 0 Å². The van der Waals surface area contributed by atoms with Gasteiger partial charge in [-0.05, 0) is 49.2 Å². The van der Waals surface area contributed by atoms with Crippen molar-refractivity contribution in [1.82, 2.24) is 15.5 Å². The molecule has 8 nitrogen and oxygen atoms in total. The van der Waals surface area contributed by atoms with Gasteiger partial charge >= 0.3 is 0 Å². The van der Waals surface area contributed by atoms with Crippen molar-refractivity contribution >= 4 is 29.3 Å². The van der Waals surface area contributed by atoms with Gasteiger partial charge in [0.25, 0.3) is 11.8 Å². The van der Waals surface area contributed by atoms with Crippen LogP contribution >= 0.6 is 0 Å². The summed E-state index contributed by atoms with van der Waals surface area (Å²) >= 11 is 0. The highest BCUT2D eigenvalue weighted by Crippen LogP contribution is 2.39. The molecule has 3 atom stereocenters. The van der Waals surface area contributed by atoms with Gasteiger partial charge in [0.05, 0.1) is 17.2 Å². The molecule has 2 heterocycles. The molecule has 1 fully saturated rings. The molecule has 0 aromatic heterocycles. The molecule has 2 aliphatic heterocycles. The van der Waals surface area contributed by atoms with Crippen molar-refractivity contribution in [3.05, 3.63) is 64.7 Å². The minimum atomic E-state index is -0.961. The number of amides is 4. The number of hydrogen-bond acceptors (Lipinski definition) is 6. The van der Waals surface area contributed by atoms with Crippen molar-refractivity contribution in [3.8, 4) is 0 Å². The van der Waals surface area contributed by atoms with Gasteiger partial charge in [-0.2, -0.15) is 0 Å². The van der Waals surface area contributed by atoms with E-state index in [4.69, 9.17) is 0 Å². The van der Waals surface area contributed by atoms with Crippen LogP contribution in [0.2, 0.25) is 0 Å². The number of anilines is 1. The molecule has 2 aromatic rings. The van der Waals surface area contributed by atoms with Crippen molar-refractivity contribution in [1.29, 1.82) is 0 Å². The quantitative estimate of drug-likeness (QED) is 0.709. The second-order valence-corrected chi connectivity index (χ2v) is 8.53. The molecule has 3 aliphatic rings. The number of benzene rings is 2. The van der Waals surface area contributed by atoms with Crippen LogP contribution < -0.4 is 15.5 Å². The lowest BCUT2D eigenvalue weighted by molar-refractivity contribution is -0.136. The summed E-state index contributed by atoms with van der Waals surface area (Å²) in [5, 5.41) is 5.62. The summed E-state index contributed by atoms with van der Waals surface area (Å²) in [5.41, 5.74) is 3.92. The van der Waals surface area contributed by atoms with Crippen LogP contribution in [0, 0.1) is 0 Å². The lowest BCUT2D eigenvalue weighted by Crippen LogP contribution is -2.54. The SMILES string of the molecule is CN[C@H]1Cc2ccccc2[C@H]1N(C)c1ccc2c(c1)C(=O)N(C1CCC(=O)NC1=O)C2=O. The average molecular weight is 432 g/mol. The van der Waals surface area contributed by atoms with Gasteiger partial charge in [-0.1, -0.05) is 24.3 Å². The Morgan fingerprint density at radius 1 is 1.03 bits per heavy atom. The molecule has 32 heavy (non-hydrogen) atoms. The maximum atomic E-state index is 13.2. The molecule has 0 saturated carbocycles. The molecule has 4 amide bonds. The van der Waals surface area contributed by atoms with Gasteiger partial charge in [0.1, 0.15) is 6.04 Å². The number of piperidine rings is 1. The first kappa shape index (κ1) is 20.4. The number of fused-ring (bicyclic) bond motifs is 2. The minimum Gasteiger partial charge on any atom is -0.366 e. The van der Waals surface area contributed by atoms with E-state index in [1.807, 2.05) is 32.3 Å². The van der Waals surface area contributed by atoms with Crippen LogP contribution in [0.3, 0.4) is 0 Å². The molecule has 8 heteroatoms. The molecule has 0 spiro atoms. The fourth-order valence-electron chi connectivity index (χ4n) is 5.15. The Labute approximate surface area is 185 Å². The second-order valence-electron chi connectivity index (χ2n) is 8.53. The third-order valence-corrected chi connectivity index (χ3v) is 6.81. The van der Waals surface area contributed by atoms with Gasteiger partial charge in [0, 0.05) is 25.2 Å². The van der Waals surface area contributed by atoms with E-state index in [1.165, 1.54) is 11.1 Å². The number of carbonyl (C=O) groups is 4. The van der Waals surface area contributed by atoms with Gasteiger partial charge in [0.15, 0.2) is 0 Å². The third-order valence-electron chi connectivity index (χ3n) is 6.81. The van der Waals surface area contributed by atoms with Crippen molar-refractivity contribution in [2.24, 2.45) is 0 Å². The maximum Gasteiger partial charge on any atom is 0.262 e. The van der Waals surface area contributed by atoms with E-state index in [1.54, 1.807) is 12.1 Å². The van der Waals surface area contributed by atoms with Crippen LogP contribution in [0.5, 0.6) is 0 Å². The highest BCUT2D eigenvalue weighted by atomic mass is 16.2. The zero-order valence-electron chi connectivity index (χ0n) is 17.9. The Morgan fingerprint density at radius 2 is 1.78 bits per heavy atom. The molecular weight excluding hydrogens is 408 g/mol. The van der Waals surface area contributed by atoms with Crippen LogP contribution in [0.25, 0.3) is 0 Å². The Balaban J connectivity index is 1.46. The first-order chi connectivity index (χ1) is 15.4. The van der Waals surface area contributed by atoms with Crippen molar-refractivity contribution in [2.45, 2.75) is 37.4 Å². The van der Waals surface area contributed by atoms with Gasteiger partial charge in [-0.25, -0.2) is 0 Å². The number of rotatable bonds is 4. The molecule has 164 valence electrons. The maximum absolute atomic E-state index is 13.2. The van der Waals surface area contributed by atoms with E-state index >= 15 is 0 Å². The number of carbonyl (C=O) groups excluding carboxylic acids is 4. The van der Waals surface area contributed by atoms with Crippen molar-refractivity contribution in [2.75, 3.05) is 19.0 Å². The second kappa shape index (κ2) is 7.56. The number of imide groups is 2. The van der Waals surface area contributed by atoms with E-state index in [9.17, 15) is 19.2 Å². The van der Waals surface area contributed by atoms with Crippen molar-refractivity contribution < 1.29 is 19.2 Å². The summed E-state index contributed by atoms with van der Waals surface area (Å²) in [6.45, 7) is 0. The van der Waals surface area contributed by atoms with Gasteiger partial charge < -0.3 is 10.2 Å². The predicted molar refractivity (Wildman–Crippen MR) is 117 cm³/mol. The fraction of sp³-hybridized carbons (Fsp3) is 0.333. The molecule has 2 aromatic carbocycles. The normalized spacial score (nSPS) is 24.4. The van der Waals surface area contributed by atoms with Crippen molar-refractivity contribution in [3.63, 3.8) is 0 Å². The Bertz CT molecular complexity index is 1160. The highest BCUT2D eigenvalue weighted by molar-refractivity contribution is 6.23. The molecule has 0 bridgehead atoms. The van der Waals surface area contributed by atoms with E-state index in [-0.39, 0.29) is 42.0 Å². The van der Waals surface area contributed by atoms with E-state index in [2.05, 4.69) is 27.7 Å². The summed E-state index contributed by atoms with van der Waals surface area (Å²) < 4.78 is 0. The first-order valence-electron chi connectivity index (χ1n) is 10.7. The molecular formula is C24H24N4O4. The fourth-order valence-corrected chi connectivity index (χ4v) is 5.15. The van der Waals surface area contributed by atoms with Gasteiger partial charge in [-0.3, -0.25) is 29.4 Å². The number of likely N-dealkylation sites (N-methyl/N-ethyl adjacent to an activating group) is 2. The summed E-state index contributed by atoms with van der Waals surface area (Å²) in [7, 11) is 3.93. The molecule has 1 saturated heterocycles. The van der Waals surface area contributed by atoms with E-state index < -0.39 is 23.8 Å². The first-order valence-corrected chi connectivity index (χ1v) is 10.7. The van der Waals surface area contributed by atoms with Crippen LogP contribution in [0.4, 0.5) is 5.69 Å². The largest absolute Gasteiger partial charge is 0.366 e. The molecule has 2 N–H and O–H groups in total. The van der Waals surface area contributed by atoms with Crippen LogP contribution in [-0.4, -0.2) is 54.7 Å². The zero-order valence-corrected chi connectivity index (χ0v) is 17.9. The number of hydrogen-bond donors (Lipinski definition) is 2. The molecule has 5 rings (SSSR count). The Kier molecular flexibility index (Phi) is 4.82. The van der Waals surface area contributed by atoms with E-state index in [0.717, 1.165) is 17.0 Å². The predicted octanol–water partition coefficient (Wildman–Crippen LogP) is 1.41. The monoisotopic (exact) mass is 432 g/mol.